The maximum atomic E-state index is 6.05. The smallest absolute Gasteiger partial charge is 0.0000000241 e. The molecular formula is H6B22-2. The summed E-state index contributed by atoms with van der Waals surface area (Å²) in [4.78, 5) is 0. The van der Waals surface area contributed by atoms with E-state index in [-0.39, 0.29) is 28.2 Å². The first-order valence-electron chi connectivity index (χ1n) is 6.33. The summed E-state index contributed by atoms with van der Waals surface area (Å²) in [6, 6.07) is 0. The molecule has 0 amide bonds. The molecule has 0 atom stereocenters. The minimum Gasteiger partial charge on any atom is -0.262 e. The van der Waals surface area contributed by atoms with E-state index in [4.69, 9.17) is 77.4 Å². The van der Waals surface area contributed by atoms with E-state index >= 15 is 0 Å². The molecule has 0 aliphatic carbocycles. The number of hydrogen-bond acceptors (Lipinski definition) is 0. The van der Waals surface area contributed by atoms with Gasteiger partial charge in [-0.05, 0) is 128 Å². The van der Waals surface area contributed by atoms with Gasteiger partial charge in [0.1, 0.15) is 0 Å². The van der Waals surface area contributed by atoms with E-state index in [0.29, 0.717) is 6.39 Å². The summed E-state index contributed by atoms with van der Waals surface area (Å²) in [7, 11) is 59.6. The van der Waals surface area contributed by atoms with Gasteiger partial charge in [0.05, 0.1) is 0 Å². The highest BCUT2D eigenvalue weighted by Crippen LogP contribution is 2.08. The molecule has 0 aromatic rings. The fraction of sp³-hybridized carbons (Fsp3) is 0. The van der Waals surface area contributed by atoms with Gasteiger partial charge in [0.15, 0.2) is 0 Å². The molecule has 0 heterocycles. The van der Waals surface area contributed by atoms with Gasteiger partial charge in [-0.25, -0.2) is 0 Å². The standard InChI is InChI=1S/B22H6/c1-13(2)19(14(3)4)22(20(15(5)6)16(7)8)21(17(9)10)18(11)12/h1-2H3/q-2. The zero-order valence-electron chi connectivity index (χ0n) is 11.5. The Bertz CT molecular complexity index is 211. The molecule has 0 aliphatic heterocycles. The lowest BCUT2D eigenvalue weighted by atomic mass is 8.36. The lowest BCUT2D eigenvalue weighted by Crippen LogP contribution is -2.83. The maximum absolute atomic E-state index is 6.05. The lowest BCUT2D eigenvalue weighted by Gasteiger charge is -2.48. The maximum Gasteiger partial charge on any atom is -0.0000000241 e. The fourth-order valence-electron chi connectivity index (χ4n) is 2.57. The van der Waals surface area contributed by atoms with Gasteiger partial charge in [-0.15, -0.1) is 15.5 Å². The predicted molar refractivity (Wildman–Crippen MR) is 135 cm³/mol. The molecular weight excluding hydrogens is 238 g/mol. The highest BCUT2D eigenvalue weighted by Gasteiger charge is 2.44. The largest absolute Gasteiger partial charge is 0.262 e. The molecule has 0 saturated carbocycles. The van der Waals surface area contributed by atoms with Crippen molar-refractivity contribution in [2.45, 2.75) is 0 Å². The van der Waals surface area contributed by atoms with Crippen LogP contribution in [0.5, 0.6) is 0 Å². The van der Waals surface area contributed by atoms with Crippen LogP contribution >= 0.6 is 0 Å². The summed E-state index contributed by atoms with van der Waals surface area (Å²) in [5, 5.41) is 0. The summed E-state index contributed by atoms with van der Waals surface area (Å²) in [6.07, 6.45) is -4.27. The number of rotatable bonds is 9. The van der Waals surface area contributed by atoms with Crippen molar-refractivity contribution in [2.75, 3.05) is 0 Å². The molecule has 0 aromatic carbocycles. The molecule has 0 saturated heterocycles. The van der Waals surface area contributed by atoms with Gasteiger partial charge in [-0.2, -0.15) is 0 Å². The fourth-order valence-corrected chi connectivity index (χ4v) is 2.57. The van der Waals surface area contributed by atoms with Gasteiger partial charge >= 0.3 is 0 Å². The lowest BCUT2D eigenvalue weighted by molar-refractivity contribution is 3.31. The minimum atomic E-state index is -0.759. The number of hydrogen-bond donors (Lipinski definition) is 0. The van der Waals surface area contributed by atoms with E-state index < -0.39 is 44.7 Å². The third-order valence-corrected chi connectivity index (χ3v) is 3.56. The van der Waals surface area contributed by atoms with Crippen molar-refractivity contribution < 1.29 is 0 Å². The minimum absolute atomic E-state index is 0.0385. The Hall–Kier alpha value is 1.43. The van der Waals surface area contributed by atoms with E-state index in [9.17, 15) is 0 Å². The summed E-state index contributed by atoms with van der Waals surface area (Å²) in [5.74, 6) is 0. The Kier molecular flexibility index (Phi) is 11.1. The first-order valence-corrected chi connectivity index (χ1v) is 6.33. The van der Waals surface area contributed by atoms with Crippen LogP contribution in [0.25, 0.3) is 0 Å². The van der Waals surface area contributed by atoms with Crippen molar-refractivity contribution in [3.05, 3.63) is 0 Å². The van der Waals surface area contributed by atoms with Crippen LogP contribution in [0.15, 0.2) is 0 Å². The van der Waals surface area contributed by atoms with E-state index in [1.54, 1.807) is 0 Å². The molecule has 22 heteroatoms. The van der Waals surface area contributed by atoms with Gasteiger partial charge in [0.2, 0.25) is 0 Å². The van der Waals surface area contributed by atoms with E-state index in [2.05, 4.69) is 0 Å². The van der Waals surface area contributed by atoms with Crippen molar-refractivity contribution >= 4 is 157 Å². The third kappa shape index (κ3) is 6.38. The molecule has 74 valence electrons. The van der Waals surface area contributed by atoms with Gasteiger partial charge in [-0.3, -0.25) is 6.39 Å². The molecule has 0 unspecified atom stereocenters. The van der Waals surface area contributed by atoms with Crippen LogP contribution in [0, 0.1) is 0 Å². The van der Waals surface area contributed by atoms with Gasteiger partial charge < -0.3 is 0 Å². The molecule has 22 heavy (non-hydrogen) atoms. The first kappa shape index (κ1) is 23.4. The zero-order chi connectivity index (χ0) is 17.8. The summed E-state index contributed by atoms with van der Waals surface area (Å²) in [6.45, 7) is 0. The Morgan fingerprint density at radius 3 is 0.727 bits per heavy atom. The second-order valence-corrected chi connectivity index (χ2v) is 5.20. The van der Waals surface area contributed by atoms with Crippen molar-refractivity contribution in [2.24, 2.45) is 0 Å². The molecule has 20 radical (unpaired) electrons. The van der Waals surface area contributed by atoms with E-state index in [1.165, 1.54) is 0 Å². The van der Waals surface area contributed by atoms with Crippen LogP contribution in [0.4, 0.5) is 0 Å². The van der Waals surface area contributed by atoms with E-state index in [1.807, 2.05) is 0 Å². The highest BCUT2D eigenvalue weighted by atomic mass is 13.3. The molecule has 0 fully saturated rings. The molecule has 0 bridgehead atoms. The second-order valence-electron chi connectivity index (χ2n) is 5.20. The van der Waals surface area contributed by atoms with Crippen LogP contribution in [-0.4, -0.2) is 157 Å². The summed E-state index contributed by atoms with van der Waals surface area (Å²) >= 11 is 0. The van der Waals surface area contributed by atoms with Crippen LogP contribution in [0.1, 0.15) is 0 Å². The second kappa shape index (κ2) is 10.4. The Balaban J connectivity index is 6.03. The molecule has 0 nitrogen and oxygen atoms in total. The summed E-state index contributed by atoms with van der Waals surface area (Å²) < 4.78 is 0. The van der Waals surface area contributed by atoms with E-state index in [0.717, 1.165) is 0 Å². The molecule has 0 aromatic heterocycles. The Labute approximate surface area is 156 Å². The summed E-state index contributed by atoms with van der Waals surface area (Å²) in [5.41, 5.74) is 0. The van der Waals surface area contributed by atoms with Crippen molar-refractivity contribution in [3.63, 3.8) is 0 Å². The van der Waals surface area contributed by atoms with Crippen LogP contribution in [0.3, 0.4) is 0 Å². The average Bonchev–Trinajstić information content (AvgIpc) is 2.24. The topological polar surface area (TPSA) is 0 Å². The molecule has 0 rings (SSSR count). The van der Waals surface area contributed by atoms with Crippen molar-refractivity contribution in [3.8, 4) is 0 Å². The van der Waals surface area contributed by atoms with Crippen LogP contribution < -0.4 is 0 Å². The molecule has 0 spiro atoms. The quantitative estimate of drug-likeness (QED) is 0.353. The molecule has 0 N–H and O–H groups in total. The zero-order valence-corrected chi connectivity index (χ0v) is 11.5. The van der Waals surface area contributed by atoms with Gasteiger partial charge in [-0.1, -0.05) is 6.39 Å². The van der Waals surface area contributed by atoms with Gasteiger partial charge in [0, 0.05) is 0 Å². The van der Waals surface area contributed by atoms with Gasteiger partial charge in [0.25, 0.3) is 0 Å². The SMILES string of the molecule is [B]B([B])B(B([B])[B])B(B(B([B])[B])B([B])[B])B(B([B])[B])B([BH3-])[BH3-]. The predicted octanol–water partition coefficient (Wildman–Crippen LogP) is -9.98. The average molecular weight is 244 g/mol. The Morgan fingerprint density at radius 2 is 0.591 bits per heavy atom. The first-order chi connectivity index (χ1) is 9.93. The van der Waals surface area contributed by atoms with Crippen molar-refractivity contribution in [1.29, 1.82) is 0 Å². The van der Waals surface area contributed by atoms with Crippen molar-refractivity contribution in [1.82, 2.24) is 0 Å². The monoisotopic (exact) mass is 248 g/mol. The van der Waals surface area contributed by atoms with Crippen LogP contribution in [0.2, 0.25) is 0 Å². The third-order valence-electron chi connectivity index (χ3n) is 3.56. The normalized spacial score (nSPS) is 9.36. The highest BCUT2D eigenvalue weighted by molar-refractivity contribution is 8.22. The molecule has 0 aliphatic rings. The Morgan fingerprint density at radius 1 is 0.364 bits per heavy atom. The van der Waals surface area contributed by atoms with Crippen LogP contribution in [-0.2, 0) is 0 Å².